The summed E-state index contributed by atoms with van der Waals surface area (Å²) in [6.45, 7) is 3.19. The van der Waals surface area contributed by atoms with Crippen LogP contribution in [0.1, 0.15) is 0 Å². The van der Waals surface area contributed by atoms with Crippen LogP contribution in [0.4, 0.5) is 0 Å². The van der Waals surface area contributed by atoms with E-state index in [9.17, 15) is 0 Å². The smallest absolute Gasteiger partial charge is 0.0747 e. The van der Waals surface area contributed by atoms with Crippen molar-refractivity contribution in [1.82, 2.24) is 5.32 Å². The quantitative estimate of drug-likeness (QED) is 0.550. The van der Waals surface area contributed by atoms with Crippen molar-refractivity contribution in [1.29, 1.82) is 0 Å². The van der Waals surface area contributed by atoms with Gasteiger partial charge in [0.1, 0.15) is 0 Å². The fraction of sp³-hybridized carbons (Fsp3) is 1.00. The number of thioether (sulfide) groups is 1. The summed E-state index contributed by atoms with van der Waals surface area (Å²) in [5, 5.41) is 3.35. The van der Waals surface area contributed by atoms with Crippen LogP contribution in [-0.4, -0.2) is 37.3 Å². The Kier molecular flexibility index (Phi) is 2.16. The first kappa shape index (κ1) is 6.95. The summed E-state index contributed by atoms with van der Waals surface area (Å²) in [7, 11) is 0. The molecule has 0 bridgehead atoms. The van der Waals surface area contributed by atoms with Gasteiger partial charge in [-0.1, -0.05) is 0 Å². The molecule has 2 aliphatic rings. The summed E-state index contributed by atoms with van der Waals surface area (Å²) < 4.78 is 5.64. The maximum Gasteiger partial charge on any atom is 0.0747 e. The maximum atomic E-state index is 5.64. The molecule has 0 spiro atoms. The zero-order chi connectivity index (χ0) is 6.81. The van der Waals surface area contributed by atoms with Gasteiger partial charge < -0.3 is 10.1 Å². The Morgan fingerprint density at radius 1 is 1.40 bits per heavy atom. The lowest BCUT2D eigenvalue weighted by Crippen LogP contribution is -2.22. The maximum absolute atomic E-state index is 5.64. The van der Waals surface area contributed by atoms with Gasteiger partial charge in [0.25, 0.3) is 0 Å². The van der Waals surface area contributed by atoms with Crippen LogP contribution in [0.15, 0.2) is 0 Å². The average molecular weight is 159 g/mol. The molecular formula is C7H13NOS. The molecule has 2 aliphatic heterocycles. The minimum atomic E-state index is 0.523. The van der Waals surface area contributed by atoms with Gasteiger partial charge in [-0.2, -0.15) is 11.8 Å². The highest BCUT2D eigenvalue weighted by atomic mass is 32.2. The number of nitrogens with one attached hydrogen (secondary N) is 1. The number of fused-ring (bicyclic) bond motifs is 1. The fourth-order valence-corrected chi connectivity index (χ4v) is 2.58. The molecule has 2 heterocycles. The van der Waals surface area contributed by atoms with E-state index in [1.54, 1.807) is 0 Å². The van der Waals surface area contributed by atoms with Gasteiger partial charge in [-0.3, -0.25) is 0 Å². The third-order valence-corrected chi connectivity index (χ3v) is 3.29. The Labute approximate surface area is 65.7 Å². The largest absolute Gasteiger partial charge is 0.376 e. The van der Waals surface area contributed by atoms with Crippen LogP contribution >= 0.6 is 11.8 Å². The molecule has 2 atom stereocenters. The summed E-state index contributed by atoms with van der Waals surface area (Å²) in [4.78, 5) is 0. The van der Waals surface area contributed by atoms with E-state index in [0.717, 1.165) is 25.6 Å². The van der Waals surface area contributed by atoms with Crippen molar-refractivity contribution < 1.29 is 4.74 Å². The van der Waals surface area contributed by atoms with Crippen LogP contribution in [0, 0.1) is 5.92 Å². The lowest BCUT2D eigenvalue weighted by molar-refractivity contribution is 0.0583. The summed E-state index contributed by atoms with van der Waals surface area (Å²) in [6, 6.07) is 0. The van der Waals surface area contributed by atoms with Gasteiger partial charge in [-0.15, -0.1) is 0 Å². The predicted octanol–water partition coefficient (Wildman–Crippen LogP) is 0.338. The highest BCUT2D eigenvalue weighted by Crippen LogP contribution is 2.21. The lowest BCUT2D eigenvalue weighted by atomic mass is 10.1. The minimum absolute atomic E-state index is 0.523. The van der Waals surface area contributed by atoms with E-state index < -0.39 is 0 Å². The Balaban J connectivity index is 1.95. The molecule has 58 valence electrons. The monoisotopic (exact) mass is 159 g/mol. The zero-order valence-corrected chi connectivity index (χ0v) is 6.82. The van der Waals surface area contributed by atoms with Gasteiger partial charge in [0.15, 0.2) is 0 Å². The highest BCUT2D eigenvalue weighted by molar-refractivity contribution is 7.99. The molecular weight excluding hydrogens is 146 g/mol. The number of ether oxygens (including phenoxy) is 1. The molecule has 0 aromatic carbocycles. The Morgan fingerprint density at radius 3 is 3.40 bits per heavy atom. The van der Waals surface area contributed by atoms with Crippen molar-refractivity contribution in [2.75, 3.05) is 31.2 Å². The minimum Gasteiger partial charge on any atom is -0.376 e. The third-order valence-electron chi connectivity index (χ3n) is 2.17. The van der Waals surface area contributed by atoms with Crippen LogP contribution in [0.5, 0.6) is 0 Å². The van der Waals surface area contributed by atoms with E-state index in [4.69, 9.17) is 4.74 Å². The van der Waals surface area contributed by atoms with Crippen molar-refractivity contribution >= 4 is 11.8 Å². The first-order valence-electron chi connectivity index (χ1n) is 3.87. The first-order chi connectivity index (χ1) is 4.97. The lowest BCUT2D eigenvalue weighted by Gasteiger charge is -2.12. The van der Waals surface area contributed by atoms with Gasteiger partial charge >= 0.3 is 0 Å². The van der Waals surface area contributed by atoms with Crippen LogP contribution in [0.2, 0.25) is 0 Å². The van der Waals surface area contributed by atoms with E-state index in [-0.39, 0.29) is 0 Å². The predicted molar refractivity (Wildman–Crippen MR) is 43.4 cm³/mol. The second kappa shape index (κ2) is 3.11. The molecule has 1 N–H and O–H groups in total. The van der Waals surface area contributed by atoms with Crippen LogP contribution in [0.25, 0.3) is 0 Å². The Hall–Kier alpha value is 0.270. The van der Waals surface area contributed by atoms with Crippen molar-refractivity contribution in [3.05, 3.63) is 0 Å². The molecule has 3 heteroatoms. The number of hydrogen-bond acceptors (Lipinski definition) is 3. The van der Waals surface area contributed by atoms with Gasteiger partial charge in [0, 0.05) is 24.8 Å². The van der Waals surface area contributed by atoms with Crippen molar-refractivity contribution in [3.8, 4) is 0 Å². The third kappa shape index (κ3) is 1.31. The molecule has 2 fully saturated rings. The normalized spacial score (nSPS) is 40.8. The summed E-state index contributed by atoms with van der Waals surface area (Å²) in [5.41, 5.74) is 0. The number of hydrogen-bond donors (Lipinski definition) is 1. The molecule has 2 nitrogen and oxygen atoms in total. The first-order valence-corrected chi connectivity index (χ1v) is 5.02. The van der Waals surface area contributed by atoms with E-state index in [2.05, 4.69) is 5.32 Å². The molecule has 2 unspecified atom stereocenters. The summed E-state index contributed by atoms with van der Waals surface area (Å²) >= 11 is 2.03. The molecule has 2 saturated heterocycles. The van der Waals surface area contributed by atoms with E-state index >= 15 is 0 Å². The molecule has 0 aliphatic carbocycles. The van der Waals surface area contributed by atoms with Crippen LogP contribution in [-0.2, 0) is 4.74 Å². The standard InChI is InChI=1S/C7H13NOS/c1-2-10-5-6-3-8-4-7(6)9-1/h6-8H,1-5H2. The highest BCUT2D eigenvalue weighted by Gasteiger charge is 2.28. The average Bonchev–Trinajstić information content (AvgIpc) is 2.28. The second-order valence-electron chi connectivity index (χ2n) is 2.90. The SMILES string of the molecule is C1CSCC2CNCC2O1. The van der Waals surface area contributed by atoms with Crippen molar-refractivity contribution in [2.24, 2.45) is 5.92 Å². The topological polar surface area (TPSA) is 21.3 Å². The molecule has 0 aromatic rings. The van der Waals surface area contributed by atoms with Crippen LogP contribution in [0.3, 0.4) is 0 Å². The van der Waals surface area contributed by atoms with Gasteiger partial charge in [0.2, 0.25) is 0 Å². The molecule has 0 aromatic heterocycles. The fourth-order valence-electron chi connectivity index (χ4n) is 1.56. The van der Waals surface area contributed by atoms with E-state index in [1.165, 1.54) is 11.5 Å². The van der Waals surface area contributed by atoms with Crippen LogP contribution < -0.4 is 5.32 Å². The molecule has 0 radical (unpaired) electrons. The van der Waals surface area contributed by atoms with E-state index in [0.29, 0.717) is 6.10 Å². The Bertz CT molecular complexity index is 108. The van der Waals surface area contributed by atoms with Crippen molar-refractivity contribution in [3.63, 3.8) is 0 Å². The van der Waals surface area contributed by atoms with Crippen molar-refractivity contribution in [2.45, 2.75) is 6.10 Å². The van der Waals surface area contributed by atoms with Gasteiger partial charge in [0.05, 0.1) is 12.7 Å². The summed E-state index contributed by atoms with van der Waals surface area (Å²) in [6.07, 6.45) is 0.523. The number of rotatable bonds is 0. The molecule has 2 rings (SSSR count). The van der Waals surface area contributed by atoms with Gasteiger partial charge in [-0.25, -0.2) is 0 Å². The molecule has 0 amide bonds. The van der Waals surface area contributed by atoms with Gasteiger partial charge in [-0.05, 0) is 5.75 Å². The second-order valence-corrected chi connectivity index (χ2v) is 4.05. The molecule has 10 heavy (non-hydrogen) atoms. The summed E-state index contributed by atoms with van der Waals surface area (Å²) in [5.74, 6) is 3.26. The van der Waals surface area contributed by atoms with E-state index in [1.807, 2.05) is 11.8 Å². The molecule has 0 saturated carbocycles. The zero-order valence-electron chi connectivity index (χ0n) is 6.01. The Morgan fingerprint density at radius 2 is 2.40 bits per heavy atom.